The summed E-state index contributed by atoms with van der Waals surface area (Å²) >= 11 is 1.53. The first-order chi connectivity index (χ1) is 22.0. The van der Waals surface area contributed by atoms with E-state index in [0.29, 0.717) is 45.5 Å². The molecule has 7 nitrogen and oxygen atoms in total. The Morgan fingerprint density at radius 3 is 2.47 bits per heavy atom. The van der Waals surface area contributed by atoms with Gasteiger partial charge in [0, 0.05) is 10.9 Å². The Balaban J connectivity index is 1.63. The number of hydrogen-bond donors (Lipinski definition) is 3. The summed E-state index contributed by atoms with van der Waals surface area (Å²) in [5.74, 6) is -1.03. The lowest BCUT2D eigenvalue weighted by Gasteiger charge is -2.38. The number of nitrogens with one attached hydrogen (secondary N) is 1. The number of aromatic nitrogens is 2. The normalized spacial score (nSPS) is 14.2. The minimum atomic E-state index is -4.94. The van der Waals surface area contributed by atoms with Crippen LogP contribution in [0.15, 0.2) is 60.8 Å². The quantitative estimate of drug-likeness (QED) is 0.137. The molecule has 0 bridgehead atoms. The third-order valence-corrected chi connectivity index (χ3v) is 9.17. The van der Waals surface area contributed by atoms with Crippen molar-refractivity contribution < 1.29 is 32.3 Å². The molecule has 4 N–H and O–H groups in total. The first kappa shape index (κ1) is 35.9. The molecule has 0 saturated heterocycles. The summed E-state index contributed by atoms with van der Waals surface area (Å²) in [7, 11) is 0. The molecule has 3 aromatic carbocycles. The molecular weight excluding hydrogens is 632 g/mol. The van der Waals surface area contributed by atoms with E-state index < -0.39 is 53.7 Å². The Morgan fingerprint density at radius 2 is 1.81 bits per heavy atom. The van der Waals surface area contributed by atoms with Crippen LogP contribution in [0.1, 0.15) is 65.7 Å². The van der Waals surface area contributed by atoms with Crippen LogP contribution in [-0.2, 0) is 16.6 Å². The maximum Gasteiger partial charge on any atom is 0.417 e. The molecule has 47 heavy (non-hydrogen) atoms. The zero-order chi connectivity index (χ0) is 34.7. The number of amides is 2. The lowest BCUT2D eigenvalue weighted by molar-refractivity contribution is -0.269. The monoisotopic (exact) mass is 672 g/mol. The topological polar surface area (TPSA) is 110 Å². The van der Waals surface area contributed by atoms with E-state index in [2.05, 4.69) is 10.4 Å². The number of rotatable bonds is 13. The number of nitrogens with zero attached hydrogens (tertiary/aromatic N) is 2. The van der Waals surface area contributed by atoms with Crippen LogP contribution in [0, 0.1) is 19.7 Å². The minimum Gasteiger partial charge on any atom is -0.380 e. The molecule has 1 unspecified atom stereocenters. The maximum atomic E-state index is 14.5. The van der Waals surface area contributed by atoms with E-state index in [-0.39, 0.29) is 12.0 Å². The average Bonchev–Trinajstić information content (AvgIpc) is 3.42. The van der Waals surface area contributed by atoms with E-state index in [1.165, 1.54) is 30.0 Å². The fraction of sp³-hybridized carbons (Fsp3) is 0.400. The van der Waals surface area contributed by atoms with Gasteiger partial charge in [0.05, 0.1) is 17.4 Å². The van der Waals surface area contributed by atoms with Gasteiger partial charge >= 0.3 is 6.18 Å². The second-order valence-corrected chi connectivity index (χ2v) is 13.7. The molecule has 4 rings (SSSR count). The van der Waals surface area contributed by atoms with Crippen molar-refractivity contribution in [2.75, 3.05) is 12.0 Å². The van der Waals surface area contributed by atoms with E-state index >= 15 is 0 Å². The Bertz CT molecular complexity index is 1770. The first-order valence-corrected chi connectivity index (χ1v) is 16.6. The minimum absolute atomic E-state index is 0.106. The summed E-state index contributed by atoms with van der Waals surface area (Å²) in [6.07, 6.45) is -2.50. The van der Waals surface area contributed by atoms with Gasteiger partial charge in [0.25, 0.3) is 5.91 Å². The van der Waals surface area contributed by atoms with Crippen molar-refractivity contribution in [2.24, 2.45) is 5.73 Å². The van der Waals surface area contributed by atoms with Crippen LogP contribution >= 0.6 is 11.8 Å². The number of thioether (sulfide) groups is 1. The van der Waals surface area contributed by atoms with Gasteiger partial charge in [-0.1, -0.05) is 32.0 Å². The SMILES string of the molecule is CSCC[C@H](NC(=O)c1cccc(-n2ncc3c(CCC(O)(CC(C)(C)c4cc(F)ccc4C)C(F)(F)F)cc(C)cc32)c1)C(N)=O. The third-order valence-electron chi connectivity index (χ3n) is 8.53. The summed E-state index contributed by atoms with van der Waals surface area (Å²) < 4.78 is 59.3. The number of hydrogen-bond acceptors (Lipinski definition) is 5. The predicted molar refractivity (Wildman–Crippen MR) is 177 cm³/mol. The van der Waals surface area contributed by atoms with Crippen molar-refractivity contribution in [3.05, 3.63) is 94.4 Å². The van der Waals surface area contributed by atoms with Crippen LogP contribution in [0.5, 0.6) is 0 Å². The van der Waals surface area contributed by atoms with E-state index in [1.54, 1.807) is 62.0 Å². The van der Waals surface area contributed by atoms with Gasteiger partial charge < -0.3 is 16.2 Å². The van der Waals surface area contributed by atoms with Crippen LogP contribution in [0.3, 0.4) is 0 Å². The third kappa shape index (κ3) is 8.16. The summed E-state index contributed by atoms with van der Waals surface area (Å²) in [5.41, 5.74) is 5.04. The number of primary amides is 1. The molecule has 4 aromatic rings. The highest BCUT2D eigenvalue weighted by atomic mass is 32.2. The van der Waals surface area contributed by atoms with Crippen molar-refractivity contribution >= 4 is 34.5 Å². The predicted octanol–water partition coefficient (Wildman–Crippen LogP) is 6.71. The molecule has 0 aliphatic heterocycles. The molecule has 0 aliphatic carbocycles. The highest BCUT2D eigenvalue weighted by Crippen LogP contribution is 2.44. The lowest BCUT2D eigenvalue weighted by atomic mass is 9.72. The fourth-order valence-corrected chi connectivity index (χ4v) is 6.60. The van der Waals surface area contributed by atoms with Gasteiger partial charge in [-0.25, -0.2) is 9.07 Å². The van der Waals surface area contributed by atoms with Crippen LogP contribution in [0.2, 0.25) is 0 Å². The number of halogens is 4. The zero-order valence-corrected chi connectivity index (χ0v) is 27.9. The second-order valence-electron chi connectivity index (χ2n) is 12.7. The largest absolute Gasteiger partial charge is 0.417 e. The second kappa shape index (κ2) is 14.1. The van der Waals surface area contributed by atoms with Gasteiger partial charge in [0.2, 0.25) is 5.91 Å². The summed E-state index contributed by atoms with van der Waals surface area (Å²) in [4.78, 5) is 24.9. The Kier molecular flexibility index (Phi) is 10.8. The van der Waals surface area contributed by atoms with Gasteiger partial charge in [-0.15, -0.1) is 0 Å². The van der Waals surface area contributed by atoms with Gasteiger partial charge in [-0.2, -0.15) is 30.0 Å². The molecule has 1 aromatic heterocycles. The molecule has 12 heteroatoms. The molecule has 0 spiro atoms. The molecule has 0 fully saturated rings. The van der Waals surface area contributed by atoms with Gasteiger partial charge in [0.15, 0.2) is 5.60 Å². The molecule has 2 amide bonds. The molecule has 252 valence electrons. The van der Waals surface area contributed by atoms with Crippen molar-refractivity contribution in [1.82, 2.24) is 15.1 Å². The molecule has 0 radical (unpaired) electrons. The summed E-state index contributed by atoms with van der Waals surface area (Å²) in [6.45, 7) is 6.67. The number of nitrogens with two attached hydrogens (primary N) is 1. The zero-order valence-electron chi connectivity index (χ0n) is 27.0. The first-order valence-electron chi connectivity index (χ1n) is 15.2. The van der Waals surface area contributed by atoms with Crippen molar-refractivity contribution in [3.63, 3.8) is 0 Å². The maximum absolute atomic E-state index is 14.5. The van der Waals surface area contributed by atoms with Crippen molar-refractivity contribution in [2.45, 2.75) is 76.6 Å². The van der Waals surface area contributed by atoms with Crippen LogP contribution in [-0.4, -0.2) is 56.5 Å². The average molecular weight is 673 g/mol. The van der Waals surface area contributed by atoms with Crippen LogP contribution in [0.4, 0.5) is 17.6 Å². The van der Waals surface area contributed by atoms with Crippen molar-refractivity contribution in [1.29, 1.82) is 0 Å². The number of fused-ring (bicyclic) bond motifs is 1. The highest BCUT2D eigenvalue weighted by Gasteiger charge is 2.55. The van der Waals surface area contributed by atoms with Crippen LogP contribution in [0.25, 0.3) is 16.6 Å². The molecule has 1 heterocycles. The smallest absolute Gasteiger partial charge is 0.380 e. The fourth-order valence-electron chi connectivity index (χ4n) is 6.13. The number of aliphatic hydroxyl groups is 1. The van der Waals surface area contributed by atoms with Gasteiger partial charge in [0.1, 0.15) is 11.9 Å². The molecule has 0 aliphatic rings. The summed E-state index contributed by atoms with van der Waals surface area (Å²) in [6, 6.07) is 13.4. The molecule has 2 atom stereocenters. The van der Waals surface area contributed by atoms with E-state index in [9.17, 15) is 32.3 Å². The Labute approximate surface area is 275 Å². The number of carbonyl (C=O) groups excluding carboxylic acids is 2. The van der Waals surface area contributed by atoms with Crippen molar-refractivity contribution in [3.8, 4) is 5.69 Å². The highest BCUT2D eigenvalue weighted by molar-refractivity contribution is 7.98. The van der Waals surface area contributed by atoms with Crippen LogP contribution < -0.4 is 11.1 Å². The van der Waals surface area contributed by atoms with E-state index in [0.717, 1.165) is 5.56 Å². The molecule has 0 saturated carbocycles. The Hall–Kier alpha value is -3.90. The number of carbonyl (C=O) groups is 2. The summed E-state index contributed by atoms with van der Waals surface area (Å²) in [5, 5.41) is 19.0. The standard InChI is InChI=1S/C35H40F4N4O3S/c1-21-15-23(11-13-34(46,35(37,38)39)20-33(3,4)28-18-25(36)10-9-22(28)2)27-19-41-43(30(27)16-21)26-8-6-7-24(17-26)32(45)42-29(31(40)44)12-14-47-5/h6-10,15-19,29,46H,11-14,20H2,1-5H3,(H2,40,44)(H,42,45)/t29-,34?/m0/s1. The number of aryl methyl sites for hydroxylation is 3. The van der Waals surface area contributed by atoms with Gasteiger partial charge in [-0.05, 0) is 116 Å². The van der Waals surface area contributed by atoms with E-state index in [1.807, 2.05) is 19.2 Å². The number of alkyl halides is 3. The molecular formula is C35H40F4N4O3S. The van der Waals surface area contributed by atoms with E-state index in [4.69, 9.17) is 5.73 Å². The van der Waals surface area contributed by atoms with Gasteiger partial charge in [-0.3, -0.25) is 9.59 Å². The number of benzene rings is 3. The Morgan fingerprint density at radius 1 is 1.09 bits per heavy atom. The lowest BCUT2D eigenvalue weighted by Crippen LogP contribution is -2.49.